The Kier molecular flexibility index (Phi) is 9.27. The monoisotopic (exact) mass is 594 g/mol. The van der Waals surface area contributed by atoms with Crippen molar-refractivity contribution in [3.63, 3.8) is 0 Å². The van der Waals surface area contributed by atoms with Crippen molar-refractivity contribution in [2.24, 2.45) is 0 Å². The van der Waals surface area contributed by atoms with Gasteiger partial charge in [-0.05, 0) is 64.8 Å². The number of nitrogens with zero attached hydrogens (tertiary/aromatic N) is 2. The molecule has 0 N–H and O–H groups in total. The lowest BCUT2D eigenvalue weighted by Gasteiger charge is -2.20. The summed E-state index contributed by atoms with van der Waals surface area (Å²) < 4.78 is 18.9. The van der Waals surface area contributed by atoms with Gasteiger partial charge >= 0.3 is 5.97 Å². The fraction of sp³-hybridized carbons (Fsp3) is 0.207. The summed E-state index contributed by atoms with van der Waals surface area (Å²) in [6.07, 6.45) is 1.82. The van der Waals surface area contributed by atoms with E-state index in [2.05, 4.69) is 32.6 Å². The fourth-order valence-corrected chi connectivity index (χ4v) is 4.06. The number of esters is 1. The Hall–Kier alpha value is -3.46. The molecular formula is C29H27IN2O4. The summed E-state index contributed by atoms with van der Waals surface area (Å²) in [5.74, 6) is -0.413. The maximum Gasteiger partial charge on any atom is 0.315 e. The molecule has 0 aliphatic rings. The van der Waals surface area contributed by atoms with Crippen molar-refractivity contribution in [1.29, 1.82) is 0 Å². The van der Waals surface area contributed by atoms with E-state index in [1.54, 1.807) is 6.92 Å². The van der Waals surface area contributed by atoms with Crippen molar-refractivity contribution < 1.29 is 19.0 Å². The molecule has 6 nitrogen and oxygen atoms in total. The minimum atomic E-state index is -0.683. The molecule has 1 aromatic heterocycles. The van der Waals surface area contributed by atoms with Crippen molar-refractivity contribution in [1.82, 2.24) is 9.97 Å². The molecule has 1 unspecified atom stereocenters. The first kappa shape index (κ1) is 25.6. The topological polar surface area (TPSA) is 70.5 Å². The summed E-state index contributed by atoms with van der Waals surface area (Å²) in [7, 11) is 0. The SMILES string of the molecule is CCOC(=O)C(Cc1ccc(I)cc1)c1ncnc(OCc2ccccc2)c1OCc1ccccc1. The molecule has 36 heavy (non-hydrogen) atoms. The highest BCUT2D eigenvalue weighted by molar-refractivity contribution is 14.1. The average molecular weight is 594 g/mol. The molecule has 1 atom stereocenters. The number of hydrogen-bond acceptors (Lipinski definition) is 6. The first-order chi connectivity index (χ1) is 17.6. The number of halogens is 1. The van der Waals surface area contributed by atoms with Crippen LogP contribution in [0.5, 0.6) is 11.6 Å². The molecule has 0 fully saturated rings. The summed E-state index contributed by atoms with van der Waals surface area (Å²) in [6.45, 7) is 2.65. The van der Waals surface area contributed by atoms with E-state index >= 15 is 0 Å². The Morgan fingerprint density at radius 2 is 1.42 bits per heavy atom. The van der Waals surface area contributed by atoms with Gasteiger partial charge in [-0.2, -0.15) is 4.98 Å². The lowest BCUT2D eigenvalue weighted by atomic mass is 9.95. The van der Waals surface area contributed by atoms with Crippen molar-refractivity contribution in [2.75, 3.05) is 6.61 Å². The van der Waals surface area contributed by atoms with E-state index in [-0.39, 0.29) is 25.1 Å². The van der Waals surface area contributed by atoms with Crippen molar-refractivity contribution in [3.05, 3.63) is 117 Å². The highest BCUT2D eigenvalue weighted by Gasteiger charge is 2.30. The lowest BCUT2D eigenvalue weighted by molar-refractivity contribution is -0.145. The van der Waals surface area contributed by atoms with E-state index < -0.39 is 5.92 Å². The van der Waals surface area contributed by atoms with Gasteiger partial charge in [0.25, 0.3) is 5.88 Å². The highest BCUT2D eigenvalue weighted by Crippen LogP contribution is 2.36. The van der Waals surface area contributed by atoms with Gasteiger partial charge in [0.15, 0.2) is 0 Å². The van der Waals surface area contributed by atoms with Gasteiger partial charge in [0, 0.05) is 3.57 Å². The van der Waals surface area contributed by atoms with E-state index in [0.717, 1.165) is 20.3 Å². The third-order valence-corrected chi connectivity index (χ3v) is 6.22. The Morgan fingerprint density at radius 1 is 0.806 bits per heavy atom. The maximum absolute atomic E-state index is 13.2. The predicted octanol–water partition coefficient (Wildman–Crippen LogP) is 6.13. The third-order valence-electron chi connectivity index (χ3n) is 5.50. The molecule has 4 aromatic rings. The first-order valence-corrected chi connectivity index (χ1v) is 12.8. The Bertz CT molecular complexity index is 1250. The normalized spacial score (nSPS) is 11.5. The Labute approximate surface area is 224 Å². The minimum absolute atomic E-state index is 0.269. The molecule has 0 bridgehead atoms. The van der Waals surface area contributed by atoms with Gasteiger partial charge in [-0.3, -0.25) is 4.79 Å². The van der Waals surface area contributed by atoms with Crippen molar-refractivity contribution >= 4 is 28.6 Å². The first-order valence-electron chi connectivity index (χ1n) is 11.7. The number of carbonyl (C=O) groups excluding carboxylic acids is 1. The Morgan fingerprint density at radius 3 is 2.03 bits per heavy atom. The van der Waals surface area contributed by atoms with Crippen LogP contribution in [0.2, 0.25) is 0 Å². The molecule has 3 aromatic carbocycles. The number of carbonyl (C=O) groups is 1. The molecule has 0 amide bonds. The molecule has 0 radical (unpaired) electrons. The quantitative estimate of drug-likeness (QED) is 0.154. The van der Waals surface area contributed by atoms with Gasteiger partial charge in [-0.25, -0.2) is 4.98 Å². The molecule has 7 heteroatoms. The molecule has 0 aliphatic carbocycles. The zero-order chi connectivity index (χ0) is 25.2. The van der Waals surface area contributed by atoms with E-state index in [1.165, 1.54) is 6.33 Å². The van der Waals surface area contributed by atoms with E-state index in [0.29, 0.717) is 24.5 Å². The average Bonchev–Trinajstić information content (AvgIpc) is 2.92. The second kappa shape index (κ2) is 13.0. The molecule has 4 rings (SSSR count). The number of rotatable bonds is 11. The van der Waals surface area contributed by atoms with Crippen LogP contribution in [-0.4, -0.2) is 22.5 Å². The molecule has 0 saturated heterocycles. The van der Waals surface area contributed by atoms with Crippen LogP contribution in [0.3, 0.4) is 0 Å². The van der Waals surface area contributed by atoms with Gasteiger partial charge in [0.05, 0.1) is 6.61 Å². The second-order valence-corrected chi connectivity index (χ2v) is 9.32. The van der Waals surface area contributed by atoms with Crippen LogP contribution in [0.4, 0.5) is 0 Å². The standard InChI is InChI=1S/C29H27IN2O4/c1-2-34-29(33)25(17-21-13-15-24(30)16-14-21)26-27(35-18-22-9-5-3-6-10-22)28(32-20-31-26)36-19-23-11-7-4-8-12-23/h3-16,20,25H,2,17-19H2,1H3. The predicted molar refractivity (Wildman–Crippen MR) is 146 cm³/mol. The largest absolute Gasteiger partial charge is 0.482 e. The smallest absolute Gasteiger partial charge is 0.315 e. The number of ether oxygens (including phenoxy) is 3. The van der Waals surface area contributed by atoms with Gasteiger partial charge in [0.2, 0.25) is 5.75 Å². The number of benzene rings is 3. The van der Waals surface area contributed by atoms with Crippen molar-refractivity contribution in [3.8, 4) is 11.6 Å². The Balaban J connectivity index is 1.69. The number of aromatic nitrogens is 2. The summed E-state index contributed by atoms with van der Waals surface area (Å²) in [4.78, 5) is 22.0. The zero-order valence-corrected chi connectivity index (χ0v) is 22.1. The zero-order valence-electron chi connectivity index (χ0n) is 20.0. The molecule has 0 spiro atoms. The highest BCUT2D eigenvalue weighted by atomic mass is 127. The summed E-state index contributed by atoms with van der Waals surface area (Å²) in [6, 6.07) is 27.7. The molecule has 0 aliphatic heterocycles. The van der Waals surface area contributed by atoms with Crippen LogP contribution < -0.4 is 9.47 Å². The number of hydrogen-bond donors (Lipinski definition) is 0. The minimum Gasteiger partial charge on any atom is -0.482 e. The molecule has 184 valence electrons. The van der Waals surface area contributed by atoms with Gasteiger partial charge in [-0.1, -0.05) is 72.8 Å². The van der Waals surface area contributed by atoms with Crippen LogP contribution in [0.25, 0.3) is 0 Å². The summed E-state index contributed by atoms with van der Waals surface area (Å²) >= 11 is 2.26. The van der Waals surface area contributed by atoms with Gasteiger partial charge in [-0.15, -0.1) is 0 Å². The lowest BCUT2D eigenvalue weighted by Crippen LogP contribution is -2.21. The van der Waals surface area contributed by atoms with E-state index in [4.69, 9.17) is 14.2 Å². The second-order valence-electron chi connectivity index (χ2n) is 8.08. The third kappa shape index (κ3) is 7.04. The van der Waals surface area contributed by atoms with Crippen LogP contribution in [0.1, 0.15) is 35.2 Å². The van der Waals surface area contributed by atoms with E-state index in [1.807, 2.05) is 84.9 Å². The van der Waals surface area contributed by atoms with Gasteiger partial charge in [0.1, 0.15) is 31.2 Å². The summed E-state index contributed by atoms with van der Waals surface area (Å²) in [5, 5.41) is 0. The van der Waals surface area contributed by atoms with Crippen LogP contribution >= 0.6 is 22.6 Å². The van der Waals surface area contributed by atoms with Crippen LogP contribution in [0, 0.1) is 3.57 Å². The molecular weight excluding hydrogens is 567 g/mol. The molecule has 1 heterocycles. The molecule has 0 saturated carbocycles. The fourth-order valence-electron chi connectivity index (χ4n) is 3.70. The van der Waals surface area contributed by atoms with Crippen molar-refractivity contribution in [2.45, 2.75) is 32.5 Å². The maximum atomic E-state index is 13.2. The van der Waals surface area contributed by atoms with Crippen LogP contribution in [0.15, 0.2) is 91.3 Å². The van der Waals surface area contributed by atoms with E-state index in [9.17, 15) is 4.79 Å². The summed E-state index contributed by atoms with van der Waals surface area (Å²) in [5.41, 5.74) is 3.41. The van der Waals surface area contributed by atoms with Gasteiger partial charge < -0.3 is 14.2 Å². The van der Waals surface area contributed by atoms with Crippen LogP contribution in [-0.2, 0) is 29.2 Å².